The second-order valence-corrected chi connectivity index (χ2v) is 4.72. The van der Waals surface area contributed by atoms with Crippen molar-refractivity contribution in [3.05, 3.63) is 34.9 Å². The highest BCUT2D eigenvalue weighted by atomic mass is 35.5. The molecule has 0 atom stereocenters. The molecule has 1 amide bonds. The van der Waals surface area contributed by atoms with Crippen molar-refractivity contribution in [1.29, 1.82) is 0 Å². The van der Waals surface area contributed by atoms with Crippen molar-refractivity contribution >= 4 is 29.2 Å². The first kappa shape index (κ1) is 14.4. The van der Waals surface area contributed by atoms with Gasteiger partial charge in [-0.2, -0.15) is 0 Å². The van der Waals surface area contributed by atoms with E-state index in [9.17, 15) is 9.59 Å². The maximum absolute atomic E-state index is 11.9. The normalized spacial score (nSPS) is 14.7. The third kappa shape index (κ3) is 2.93. The monoisotopic (exact) mass is 295 g/mol. The van der Waals surface area contributed by atoms with Gasteiger partial charge >= 0.3 is 5.97 Å². The first-order chi connectivity index (χ1) is 9.52. The summed E-state index contributed by atoms with van der Waals surface area (Å²) in [5, 5.41) is 0.515. The second-order valence-electron chi connectivity index (χ2n) is 4.28. The topological polar surface area (TPSA) is 55.8 Å². The van der Waals surface area contributed by atoms with Gasteiger partial charge in [-0.1, -0.05) is 17.7 Å². The molecule has 0 bridgehead atoms. The van der Waals surface area contributed by atoms with E-state index in [2.05, 4.69) is 4.74 Å². The number of carbonyl (C=O) groups is 2. The molecule has 1 aliphatic heterocycles. The number of esters is 1. The van der Waals surface area contributed by atoms with Crippen LogP contribution >= 0.6 is 11.6 Å². The van der Waals surface area contributed by atoms with Crippen LogP contribution in [0.1, 0.15) is 6.92 Å². The van der Waals surface area contributed by atoms with Crippen molar-refractivity contribution in [1.82, 2.24) is 0 Å². The van der Waals surface area contributed by atoms with Gasteiger partial charge in [0.25, 0.3) is 5.91 Å². The Morgan fingerprint density at radius 2 is 2.30 bits per heavy atom. The molecule has 1 heterocycles. The summed E-state index contributed by atoms with van der Waals surface area (Å²) in [4.78, 5) is 24.8. The fourth-order valence-corrected chi connectivity index (χ4v) is 2.01. The van der Waals surface area contributed by atoms with Crippen molar-refractivity contribution < 1.29 is 19.1 Å². The lowest BCUT2D eigenvalue weighted by Gasteiger charge is -2.28. The number of benzene rings is 1. The predicted octanol–water partition coefficient (Wildman–Crippen LogP) is 2.18. The molecule has 1 aromatic rings. The maximum atomic E-state index is 11.9. The SMILES string of the molecule is COC(=O)C(C)=CCN1C(=O)COc2ccc(Cl)cc21. The Balaban J connectivity index is 2.26. The number of nitrogens with zero attached hydrogens (tertiary/aromatic N) is 1. The van der Waals surface area contributed by atoms with E-state index in [4.69, 9.17) is 16.3 Å². The van der Waals surface area contributed by atoms with E-state index in [1.807, 2.05) is 0 Å². The van der Waals surface area contributed by atoms with Crippen molar-refractivity contribution in [3.63, 3.8) is 0 Å². The lowest BCUT2D eigenvalue weighted by Crippen LogP contribution is -2.39. The number of halogens is 1. The fraction of sp³-hybridized carbons (Fsp3) is 0.286. The molecule has 1 aromatic carbocycles. The third-order valence-corrected chi connectivity index (χ3v) is 3.19. The minimum absolute atomic E-state index is 0.0280. The summed E-state index contributed by atoms with van der Waals surface area (Å²) in [7, 11) is 1.31. The molecule has 0 aliphatic carbocycles. The molecule has 0 fully saturated rings. The third-order valence-electron chi connectivity index (χ3n) is 2.95. The summed E-state index contributed by atoms with van der Waals surface area (Å²) in [6.45, 7) is 1.87. The molecule has 1 aliphatic rings. The van der Waals surface area contributed by atoms with E-state index < -0.39 is 5.97 Å². The van der Waals surface area contributed by atoms with Gasteiger partial charge in [-0.15, -0.1) is 0 Å². The maximum Gasteiger partial charge on any atom is 0.333 e. The van der Waals surface area contributed by atoms with Gasteiger partial charge in [0.15, 0.2) is 6.61 Å². The van der Waals surface area contributed by atoms with Crippen molar-refractivity contribution in [3.8, 4) is 5.75 Å². The molecule has 0 saturated heterocycles. The Morgan fingerprint density at radius 1 is 1.55 bits per heavy atom. The molecule has 2 rings (SSSR count). The molecule has 0 spiro atoms. The van der Waals surface area contributed by atoms with Gasteiger partial charge in [0.1, 0.15) is 5.75 Å². The van der Waals surface area contributed by atoms with E-state index >= 15 is 0 Å². The molecule has 0 saturated carbocycles. The van der Waals surface area contributed by atoms with Gasteiger partial charge in [-0.05, 0) is 25.1 Å². The Bertz CT molecular complexity index is 583. The molecule has 0 unspecified atom stereocenters. The summed E-state index contributed by atoms with van der Waals surface area (Å²) in [6, 6.07) is 5.08. The van der Waals surface area contributed by atoms with Crippen LogP contribution in [-0.2, 0) is 14.3 Å². The minimum Gasteiger partial charge on any atom is -0.482 e. The van der Waals surface area contributed by atoms with Crippen LogP contribution < -0.4 is 9.64 Å². The molecule has 0 aromatic heterocycles. The summed E-state index contributed by atoms with van der Waals surface area (Å²) in [5.74, 6) is -0.0103. The predicted molar refractivity (Wildman–Crippen MR) is 75.1 cm³/mol. The summed E-state index contributed by atoms with van der Waals surface area (Å²) in [5.41, 5.74) is 1.04. The second kappa shape index (κ2) is 5.96. The number of hydrogen-bond acceptors (Lipinski definition) is 4. The van der Waals surface area contributed by atoms with Crippen LogP contribution in [-0.4, -0.2) is 32.1 Å². The Hall–Kier alpha value is -2.01. The molecule has 20 heavy (non-hydrogen) atoms. The molecule has 0 radical (unpaired) electrons. The molecule has 6 heteroatoms. The highest BCUT2D eigenvalue weighted by molar-refractivity contribution is 6.31. The number of carbonyl (C=O) groups excluding carboxylic acids is 2. The van der Waals surface area contributed by atoms with Crippen molar-refractivity contribution in [2.24, 2.45) is 0 Å². The van der Waals surface area contributed by atoms with Crippen LogP contribution in [0, 0.1) is 0 Å². The van der Waals surface area contributed by atoms with Gasteiger partial charge in [0, 0.05) is 17.1 Å². The number of amides is 1. The zero-order chi connectivity index (χ0) is 14.7. The van der Waals surface area contributed by atoms with Crippen LogP contribution in [0.15, 0.2) is 29.8 Å². The lowest BCUT2D eigenvalue weighted by molar-refractivity contribution is -0.136. The highest BCUT2D eigenvalue weighted by Crippen LogP contribution is 2.34. The Labute approximate surface area is 121 Å². The zero-order valence-corrected chi connectivity index (χ0v) is 11.9. The Morgan fingerprint density at radius 3 is 3.00 bits per heavy atom. The molecule has 106 valence electrons. The van der Waals surface area contributed by atoms with Crippen LogP contribution in [0.5, 0.6) is 5.75 Å². The van der Waals surface area contributed by atoms with Crippen molar-refractivity contribution in [2.75, 3.05) is 25.2 Å². The summed E-state index contributed by atoms with van der Waals surface area (Å²) in [6.07, 6.45) is 1.64. The van der Waals surface area contributed by atoms with Gasteiger partial charge in [-0.25, -0.2) is 4.79 Å². The van der Waals surface area contributed by atoms with Gasteiger partial charge in [0.2, 0.25) is 0 Å². The standard InChI is InChI=1S/C14H14ClNO4/c1-9(14(18)19-2)5-6-16-11-7-10(15)3-4-12(11)20-8-13(16)17/h3-5,7H,6,8H2,1-2H3. The van der Waals surface area contributed by atoms with Crippen LogP contribution in [0.4, 0.5) is 5.69 Å². The number of anilines is 1. The quantitative estimate of drug-likeness (QED) is 0.633. The zero-order valence-electron chi connectivity index (χ0n) is 11.2. The summed E-state index contributed by atoms with van der Waals surface area (Å²) < 4.78 is 9.95. The molecule has 5 nitrogen and oxygen atoms in total. The smallest absolute Gasteiger partial charge is 0.333 e. The number of rotatable bonds is 3. The van der Waals surface area contributed by atoms with E-state index in [1.54, 1.807) is 31.2 Å². The first-order valence-electron chi connectivity index (χ1n) is 6.00. The highest BCUT2D eigenvalue weighted by Gasteiger charge is 2.25. The Kier molecular flexibility index (Phi) is 4.29. The first-order valence-corrected chi connectivity index (χ1v) is 6.38. The average molecular weight is 296 g/mol. The molecular formula is C14H14ClNO4. The van der Waals surface area contributed by atoms with E-state index in [-0.39, 0.29) is 19.1 Å². The van der Waals surface area contributed by atoms with Gasteiger partial charge in [0.05, 0.1) is 12.8 Å². The molecular weight excluding hydrogens is 282 g/mol. The van der Waals surface area contributed by atoms with E-state index in [0.717, 1.165) is 0 Å². The molecule has 0 N–H and O–H groups in total. The van der Waals surface area contributed by atoms with Gasteiger partial charge in [-0.3, -0.25) is 4.79 Å². The van der Waals surface area contributed by atoms with E-state index in [0.29, 0.717) is 22.0 Å². The van der Waals surface area contributed by atoms with E-state index in [1.165, 1.54) is 12.0 Å². The number of methoxy groups -OCH3 is 1. The average Bonchev–Trinajstić information content (AvgIpc) is 2.45. The number of ether oxygens (including phenoxy) is 2. The fourth-order valence-electron chi connectivity index (χ4n) is 1.85. The van der Waals surface area contributed by atoms with Crippen LogP contribution in [0.25, 0.3) is 0 Å². The number of hydrogen-bond donors (Lipinski definition) is 0. The van der Waals surface area contributed by atoms with Gasteiger partial charge < -0.3 is 14.4 Å². The summed E-state index contributed by atoms with van der Waals surface area (Å²) >= 11 is 5.94. The largest absolute Gasteiger partial charge is 0.482 e. The van der Waals surface area contributed by atoms with Crippen molar-refractivity contribution in [2.45, 2.75) is 6.92 Å². The van der Waals surface area contributed by atoms with Crippen LogP contribution in [0.2, 0.25) is 5.02 Å². The minimum atomic E-state index is -0.419. The lowest BCUT2D eigenvalue weighted by atomic mass is 10.2. The number of fused-ring (bicyclic) bond motifs is 1. The van der Waals surface area contributed by atoms with Crippen LogP contribution in [0.3, 0.4) is 0 Å².